The Kier molecular flexibility index (Phi) is 3.19. The fourth-order valence-corrected chi connectivity index (χ4v) is 1.52. The summed E-state index contributed by atoms with van der Waals surface area (Å²) in [5, 5.41) is 14.3. The van der Waals surface area contributed by atoms with Gasteiger partial charge in [0.25, 0.3) is 0 Å². The van der Waals surface area contributed by atoms with Crippen LogP contribution >= 0.6 is 0 Å². The van der Waals surface area contributed by atoms with Crippen molar-refractivity contribution in [3.05, 3.63) is 11.4 Å². The van der Waals surface area contributed by atoms with Crippen LogP contribution in [0.15, 0.2) is 0 Å². The fourth-order valence-electron chi connectivity index (χ4n) is 1.52. The lowest BCUT2D eigenvalue weighted by molar-refractivity contribution is 0.445. The average molecular weight is 196 g/mol. The van der Waals surface area contributed by atoms with E-state index in [1.807, 2.05) is 25.5 Å². The highest BCUT2D eigenvalue weighted by Gasteiger charge is 2.18. The van der Waals surface area contributed by atoms with Gasteiger partial charge in [-0.15, -0.1) is 0 Å². The van der Waals surface area contributed by atoms with Crippen LogP contribution in [0.2, 0.25) is 0 Å². The third-order valence-corrected chi connectivity index (χ3v) is 2.70. The van der Waals surface area contributed by atoms with Crippen molar-refractivity contribution in [2.75, 3.05) is 0 Å². The Bertz CT molecular complexity index is 315. The summed E-state index contributed by atoms with van der Waals surface area (Å²) >= 11 is 0. The molecule has 80 valence electrons. The van der Waals surface area contributed by atoms with E-state index in [1.54, 1.807) is 0 Å². The number of nitrogens with zero attached hydrogens (tertiary/aromatic N) is 2. The van der Waals surface area contributed by atoms with Crippen molar-refractivity contribution < 1.29 is 5.11 Å². The zero-order valence-electron chi connectivity index (χ0n) is 9.70. The van der Waals surface area contributed by atoms with Crippen LogP contribution in [0, 0.1) is 6.92 Å². The van der Waals surface area contributed by atoms with Gasteiger partial charge in [0, 0.05) is 12.0 Å². The Labute approximate surface area is 85.8 Å². The van der Waals surface area contributed by atoms with Crippen LogP contribution < -0.4 is 0 Å². The molecule has 0 aliphatic carbocycles. The Morgan fingerprint density at radius 1 is 1.36 bits per heavy atom. The maximum atomic E-state index is 9.85. The molecule has 1 unspecified atom stereocenters. The predicted molar refractivity (Wildman–Crippen MR) is 57.7 cm³/mol. The van der Waals surface area contributed by atoms with Crippen molar-refractivity contribution in [1.82, 2.24) is 9.78 Å². The number of aromatic nitrogens is 2. The molecule has 1 rings (SSSR count). The van der Waals surface area contributed by atoms with Crippen molar-refractivity contribution >= 4 is 0 Å². The monoisotopic (exact) mass is 196 g/mol. The normalized spacial score (nSPS) is 13.6. The van der Waals surface area contributed by atoms with Crippen LogP contribution in [0.5, 0.6) is 5.75 Å². The molecule has 0 saturated carbocycles. The molecule has 1 N–H and O–H groups in total. The molecule has 1 aromatic heterocycles. The minimum atomic E-state index is 0.277. The van der Waals surface area contributed by atoms with E-state index in [2.05, 4.69) is 18.9 Å². The minimum absolute atomic E-state index is 0.277. The molecule has 3 nitrogen and oxygen atoms in total. The molecule has 0 aliphatic heterocycles. The molecule has 3 heteroatoms. The summed E-state index contributed by atoms with van der Waals surface area (Å²) in [6.07, 6.45) is 1.03. The Morgan fingerprint density at radius 2 is 1.93 bits per heavy atom. The fraction of sp³-hybridized carbons (Fsp3) is 0.727. The summed E-state index contributed by atoms with van der Waals surface area (Å²) in [5.41, 5.74) is 1.69. The maximum absolute atomic E-state index is 9.85. The van der Waals surface area contributed by atoms with Gasteiger partial charge in [-0.3, -0.25) is 4.68 Å². The Hall–Kier alpha value is -0.990. The lowest BCUT2D eigenvalue weighted by atomic mass is 10.1. The van der Waals surface area contributed by atoms with Gasteiger partial charge in [0.1, 0.15) is 5.69 Å². The lowest BCUT2D eigenvalue weighted by Crippen LogP contribution is -2.08. The van der Waals surface area contributed by atoms with Crippen molar-refractivity contribution in [1.29, 1.82) is 0 Å². The van der Waals surface area contributed by atoms with Crippen molar-refractivity contribution in [2.24, 2.45) is 0 Å². The van der Waals surface area contributed by atoms with Crippen molar-refractivity contribution in [3.8, 4) is 5.75 Å². The highest BCUT2D eigenvalue weighted by molar-refractivity contribution is 5.33. The van der Waals surface area contributed by atoms with Gasteiger partial charge in [-0.25, -0.2) is 0 Å². The number of rotatable bonds is 3. The van der Waals surface area contributed by atoms with Crippen LogP contribution in [-0.4, -0.2) is 14.9 Å². The molecule has 1 atom stereocenters. The smallest absolute Gasteiger partial charge is 0.160 e. The van der Waals surface area contributed by atoms with Crippen molar-refractivity contribution in [2.45, 2.75) is 53.0 Å². The first-order valence-corrected chi connectivity index (χ1v) is 5.27. The van der Waals surface area contributed by atoms with E-state index in [4.69, 9.17) is 0 Å². The van der Waals surface area contributed by atoms with E-state index in [0.717, 1.165) is 17.8 Å². The second-order valence-corrected chi connectivity index (χ2v) is 4.18. The SMILES string of the molecule is CCC(C)n1nc(C(C)C)c(O)c1C. The van der Waals surface area contributed by atoms with E-state index in [9.17, 15) is 5.11 Å². The van der Waals surface area contributed by atoms with Crippen LogP contribution in [0.1, 0.15) is 57.5 Å². The van der Waals surface area contributed by atoms with Gasteiger partial charge < -0.3 is 5.11 Å². The van der Waals surface area contributed by atoms with Crippen LogP contribution in [-0.2, 0) is 0 Å². The summed E-state index contributed by atoms with van der Waals surface area (Å²) in [6.45, 7) is 10.2. The highest BCUT2D eigenvalue weighted by atomic mass is 16.3. The topological polar surface area (TPSA) is 38.0 Å². The van der Waals surface area contributed by atoms with Crippen LogP contribution in [0.4, 0.5) is 0 Å². The largest absolute Gasteiger partial charge is 0.504 e. The molecule has 0 aliphatic rings. The molecule has 1 heterocycles. The molecule has 0 amide bonds. The average Bonchev–Trinajstić information content (AvgIpc) is 2.43. The van der Waals surface area contributed by atoms with Crippen LogP contribution in [0.3, 0.4) is 0 Å². The Morgan fingerprint density at radius 3 is 2.29 bits per heavy atom. The molecule has 0 radical (unpaired) electrons. The van der Waals surface area contributed by atoms with E-state index in [1.165, 1.54) is 0 Å². The molecular weight excluding hydrogens is 176 g/mol. The third-order valence-electron chi connectivity index (χ3n) is 2.70. The van der Waals surface area contributed by atoms with Crippen molar-refractivity contribution in [3.63, 3.8) is 0 Å². The first-order chi connectivity index (χ1) is 6.49. The first kappa shape index (κ1) is 11.1. The van der Waals surface area contributed by atoms with E-state index in [-0.39, 0.29) is 5.92 Å². The summed E-state index contributed by atoms with van der Waals surface area (Å²) in [4.78, 5) is 0. The molecule has 1 aromatic rings. The molecule has 0 aromatic carbocycles. The number of hydrogen-bond donors (Lipinski definition) is 1. The van der Waals surface area contributed by atoms with Gasteiger partial charge in [0.2, 0.25) is 0 Å². The van der Waals surface area contributed by atoms with Crippen LogP contribution in [0.25, 0.3) is 0 Å². The molecule has 0 spiro atoms. The maximum Gasteiger partial charge on any atom is 0.160 e. The zero-order valence-corrected chi connectivity index (χ0v) is 9.70. The van der Waals surface area contributed by atoms with Gasteiger partial charge in [-0.1, -0.05) is 20.8 Å². The quantitative estimate of drug-likeness (QED) is 0.807. The first-order valence-electron chi connectivity index (χ1n) is 5.27. The Balaban J connectivity index is 3.15. The summed E-state index contributed by atoms with van der Waals surface area (Å²) in [6, 6.07) is 0.355. The summed E-state index contributed by atoms with van der Waals surface area (Å²) in [5.74, 6) is 0.638. The standard InChI is InChI=1S/C11H20N2O/c1-6-8(4)13-9(5)11(14)10(12-13)7(2)3/h7-8,14H,6H2,1-5H3. The van der Waals surface area contributed by atoms with Gasteiger partial charge in [0.05, 0.1) is 5.69 Å². The second-order valence-electron chi connectivity index (χ2n) is 4.18. The zero-order chi connectivity index (χ0) is 10.9. The predicted octanol–water partition coefficient (Wildman–Crippen LogP) is 2.99. The van der Waals surface area contributed by atoms with Gasteiger partial charge >= 0.3 is 0 Å². The van der Waals surface area contributed by atoms with Gasteiger partial charge in [0.15, 0.2) is 5.75 Å². The summed E-state index contributed by atoms with van der Waals surface area (Å²) in [7, 11) is 0. The van der Waals surface area contributed by atoms with Gasteiger partial charge in [-0.05, 0) is 20.3 Å². The minimum Gasteiger partial charge on any atom is -0.504 e. The molecule has 0 bridgehead atoms. The lowest BCUT2D eigenvalue weighted by Gasteiger charge is -2.10. The van der Waals surface area contributed by atoms with E-state index < -0.39 is 0 Å². The number of hydrogen-bond acceptors (Lipinski definition) is 2. The van der Waals surface area contributed by atoms with Gasteiger partial charge in [-0.2, -0.15) is 5.10 Å². The third kappa shape index (κ3) is 1.76. The number of aromatic hydroxyl groups is 1. The van der Waals surface area contributed by atoms with E-state index in [0.29, 0.717) is 11.8 Å². The second kappa shape index (κ2) is 4.03. The van der Waals surface area contributed by atoms with E-state index >= 15 is 0 Å². The highest BCUT2D eigenvalue weighted by Crippen LogP contribution is 2.29. The molecule has 14 heavy (non-hydrogen) atoms. The summed E-state index contributed by atoms with van der Waals surface area (Å²) < 4.78 is 1.92. The molecule has 0 fully saturated rings. The molecular formula is C11H20N2O. The molecule has 0 saturated heterocycles.